The molecule has 0 aliphatic rings. The predicted molar refractivity (Wildman–Crippen MR) is 61.0 cm³/mol. The molecule has 2 nitrogen and oxygen atoms in total. The number of halogens is 5. The van der Waals surface area contributed by atoms with Crippen LogP contribution in [0.25, 0.3) is 5.69 Å². The lowest BCUT2D eigenvalue weighted by molar-refractivity contribution is -0.143. The fraction of sp³-hybridized carbons (Fsp3) is 0.182. The third-order valence-electron chi connectivity index (χ3n) is 2.38. The van der Waals surface area contributed by atoms with E-state index in [0.29, 0.717) is 5.56 Å². The SMILES string of the molecule is Cc1cc(F)ccc1-n1ncc(Br)c1C(F)(F)F. The van der Waals surface area contributed by atoms with E-state index in [-0.39, 0.29) is 10.2 Å². The molecule has 0 unspecified atom stereocenters. The first-order valence-electron chi connectivity index (χ1n) is 4.88. The standard InChI is InChI=1S/C11H7BrF4N2/c1-6-4-7(13)2-3-9(6)18-10(11(14,15)16)8(12)5-17-18/h2-5H,1H3. The monoisotopic (exact) mass is 322 g/mol. The molecule has 18 heavy (non-hydrogen) atoms. The normalized spacial score (nSPS) is 11.9. The van der Waals surface area contributed by atoms with Crippen LogP contribution in [0.3, 0.4) is 0 Å². The third-order valence-corrected chi connectivity index (χ3v) is 2.96. The Bertz CT molecular complexity index is 589. The van der Waals surface area contributed by atoms with Crippen molar-refractivity contribution in [2.45, 2.75) is 13.1 Å². The van der Waals surface area contributed by atoms with Crippen molar-refractivity contribution in [3.05, 3.63) is 45.9 Å². The van der Waals surface area contributed by atoms with Crippen molar-refractivity contribution in [1.82, 2.24) is 9.78 Å². The molecule has 1 heterocycles. The minimum atomic E-state index is -4.55. The summed E-state index contributed by atoms with van der Waals surface area (Å²) in [5.74, 6) is -0.504. The number of aryl methyl sites for hydroxylation is 1. The van der Waals surface area contributed by atoms with Crippen molar-refractivity contribution >= 4 is 15.9 Å². The van der Waals surface area contributed by atoms with Crippen molar-refractivity contribution < 1.29 is 17.6 Å². The molecular weight excluding hydrogens is 316 g/mol. The van der Waals surface area contributed by atoms with Gasteiger partial charge in [0.15, 0.2) is 5.69 Å². The molecule has 0 atom stereocenters. The first kappa shape index (κ1) is 13.1. The second-order valence-corrected chi connectivity index (χ2v) is 4.54. The van der Waals surface area contributed by atoms with Crippen LogP contribution < -0.4 is 0 Å². The van der Waals surface area contributed by atoms with Gasteiger partial charge in [-0.1, -0.05) is 0 Å². The Morgan fingerprint density at radius 1 is 1.28 bits per heavy atom. The van der Waals surface area contributed by atoms with Crippen LogP contribution in [-0.2, 0) is 6.18 Å². The third kappa shape index (κ3) is 2.27. The van der Waals surface area contributed by atoms with Gasteiger partial charge in [-0.25, -0.2) is 9.07 Å². The summed E-state index contributed by atoms with van der Waals surface area (Å²) in [7, 11) is 0. The summed E-state index contributed by atoms with van der Waals surface area (Å²) in [6.45, 7) is 1.52. The van der Waals surface area contributed by atoms with Crippen LogP contribution in [0.15, 0.2) is 28.9 Å². The Kier molecular flexibility index (Phi) is 3.18. The molecule has 0 aliphatic heterocycles. The lowest BCUT2D eigenvalue weighted by Crippen LogP contribution is -2.14. The highest BCUT2D eigenvalue weighted by molar-refractivity contribution is 9.10. The molecule has 0 radical (unpaired) electrons. The Morgan fingerprint density at radius 3 is 2.50 bits per heavy atom. The van der Waals surface area contributed by atoms with E-state index in [1.165, 1.54) is 13.0 Å². The zero-order valence-electron chi connectivity index (χ0n) is 9.09. The van der Waals surface area contributed by atoms with Gasteiger partial charge in [-0.3, -0.25) is 0 Å². The van der Waals surface area contributed by atoms with E-state index in [9.17, 15) is 17.6 Å². The summed E-state index contributed by atoms with van der Waals surface area (Å²) in [4.78, 5) is 0. The van der Waals surface area contributed by atoms with Crippen LogP contribution in [-0.4, -0.2) is 9.78 Å². The molecule has 7 heteroatoms. The van der Waals surface area contributed by atoms with Gasteiger partial charge >= 0.3 is 6.18 Å². The molecule has 0 amide bonds. The summed E-state index contributed by atoms with van der Waals surface area (Å²) in [6.07, 6.45) is -3.48. The zero-order valence-corrected chi connectivity index (χ0v) is 10.7. The van der Waals surface area contributed by atoms with E-state index in [1.54, 1.807) is 0 Å². The summed E-state index contributed by atoms with van der Waals surface area (Å²) in [5, 5.41) is 3.67. The number of hydrogen-bond acceptors (Lipinski definition) is 1. The molecule has 0 bridgehead atoms. The van der Waals surface area contributed by atoms with E-state index in [0.717, 1.165) is 23.0 Å². The number of alkyl halides is 3. The quantitative estimate of drug-likeness (QED) is 0.723. The Hall–Kier alpha value is -1.37. The van der Waals surface area contributed by atoms with Crippen LogP contribution in [0.1, 0.15) is 11.3 Å². The van der Waals surface area contributed by atoms with Crippen molar-refractivity contribution in [3.8, 4) is 5.69 Å². The summed E-state index contributed by atoms with van der Waals surface area (Å²) in [5.41, 5.74) is -0.359. The molecule has 1 aromatic heterocycles. The Morgan fingerprint density at radius 2 is 1.94 bits per heavy atom. The molecule has 0 saturated heterocycles. The number of rotatable bonds is 1. The molecule has 0 N–H and O–H groups in total. The topological polar surface area (TPSA) is 17.8 Å². The van der Waals surface area contributed by atoms with Crippen LogP contribution >= 0.6 is 15.9 Å². The van der Waals surface area contributed by atoms with Gasteiger partial charge in [-0.05, 0) is 46.6 Å². The van der Waals surface area contributed by atoms with Gasteiger partial charge in [0.1, 0.15) is 5.82 Å². The maximum Gasteiger partial charge on any atom is 0.434 e. The maximum atomic E-state index is 12.9. The largest absolute Gasteiger partial charge is 0.434 e. The average Bonchev–Trinajstić information content (AvgIpc) is 2.59. The van der Waals surface area contributed by atoms with Crippen LogP contribution in [0, 0.1) is 12.7 Å². The van der Waals surface area contributed by atoms with Gasteiger partial charge in [0, 0.05) is 0 Å². The van der Waals surface area contributed by atoms with E-state index >= 15 is 0 Å². The van der Waals surface area contributed by atoms with Crippen molar-refractivity contribution in [2.75, 3.05) is 0 Å². The van der Waals surface area contributed by atoms with Gasteiger partial charge < -0.3 is 0 Å². The summed E-state index contributed by atoms with van der Waals surface area (Å²) < 4.78 is 52.2. The molecule has 1 aromatic carbocycles. The second-order valence-electron chi connectivity index (χ2n) is 3.68. The first-order chi connectivity index (χ1) is 8.30. The lowest BCUT2D eigenvalue weighted by atomic mass is 10.2. The van der Waals surface area contributed by atoms with Crippen molar-refractivity contribution in [2.24, 2.45) is 0 Å². The van der Waals surface area contributed by atoms with Gasteiger partial charge in [-0.2, -0.15) is 18.3 Å². The summed E-state index contributed by atoms with van der Waals surface area (Å²) >= 11 is 2.81. The fourth-order valence-corrected chi connectivity index (χ4v) is 2.11. The molecule has 2 rings (SSSR count). The smallest absolute Gasteiger partial charge is 0.227 e. The van der Waals surface area contributed by atoms with Gasteiger partial charge in [0.05, 0.1) is 16.4 Å². The highest BCUT2D eigenvalue weighted by Gasteiger charge is 2.38. The first-order valence-corrected chi connectivity index (χ1v) is 5.67. The van der Waals surface area contributed by atoms with E-state index < -0.39 is 17.7 Å². The van der Waals surface area contributed by atoms with Crippen molar-refractivity contribution in [1.29, 1.82) is 0 Å². The lowest BCUT2D eigenvalue weighted by Gasteiger charge is -2.13. The van der Waals surface area contributed by atoms with Crippen molar-refractivity contribution in [3.63, 3.8) is 0 Å². The van der Waals surface area contributed by atoms with Gasteiger partial charge in [0.2, 0.25) is 0 Å². The van der Waals surface area contributed by atoms with Gasteiger partial charge in [-0.15, -0.1) is 0 Å². The van der Waals surface area contributed by atoms with Crippen LogP contribution in [0.2, 0.25) is 0 Å². The van der Waals surface area contributed by atoms with E-state index in [2.05, 4.69) is 21.0 Å². The molecule has 0 spiro atoms. The van der Waals surface area contributed by atoms with E-state index in [4.69, 9.17) is 0 Å². The minimum absolute atomic E-state index is 0.154. The maximum absolute atomic E-state index is 12.9. The highest BCUT2D eigenvalue weighted by atomic mass is 79.9. The number of benzene rings is 1. The fourth-order valence-electron chi connectivity index (χ4n) is 1.62. The molecule has 0 saturated carbocycles. The number of aromatic nitrogens is 2. The Balaban J connectivity index is 2.65. The predicted octanol–water partition coefficient (Wildman–Crippen LogP) is 4.10. The zero-order chi connectivity index (χ0) is 13.5. The highest BCUT2D eigenvalue weighted by Crippen LogP contribution is 2.36. The molecular formula is C11H7BrF4N2. The average molecular weight is 323 g/mol. The minimum Gasteiger partial charge on any atom is -0.227 e. The molecule has 96 valence electrons. The summed E-state index contributed by atoms with van der Waals surface area (Å²) in [6, 6.07) is 3.52. The number of hydrogen-bond donors (Lipinski definition) is 0. The van der Waals surface area contributed by atoms with Crippen LogP contribution in [0.4, 0.5) is 17.6 Å². The molecule has 2 aromatic rings. The second kappa shape index (κ2) is 4.38. The molecule has 0 aliphatic carbocycles. The van der Waals surface area contributed by atoms with Crippen LogP contribution in [0.5, 0.6) is 0 Å². The Labute approximate surface area is 108 Å². The van der Waals surface area contributed by atoms with Gasteiger partial charge in [0.25, 0.3) is 0 Å². The van der Waals surface area contributed by atoms with E-state index in [1.807, 2.05) is 0 Å². The number of nitrogens with zero attached hydrogens (tertiary/aromatic N) is 2. The molecule has 0 fully saturated rings.